The smallest absolute Gasteiger partial charge is 0.332 e. The minimum absolute atomic E-state index is 0.213. The Morgan fingerprint density at radius 1 is 1.53 bits per heavy atom. The number of aliphatic hydroxyl groups excluding tert-OH is 1. The quantitative estimate of drug-likeness (QED) is 0.634. The molecule has 0 aromatic carbocycles. The topological polar surface area (TPSA) is 85.4 Å². The zero-order valence-electron chi connectivity index (χ0n) is 10.1. The monoisotopic (exact) mass is 240 g/mol. The molecule has 0 aliphatic heterocycles. The maximum atomic E-state index is 11.2. The third kappa shape index (κ3) is 3.39. The number of rotatable bonds is 3. The van der Waals surface area contributed by atoms with E-state index in [1.807, 2.05) is 20.8 Å². The van der Waals surface area contributed by atoms with Crippen molar-refractivity contribution < 1.29 is 10.0 Å². The lowest BCUT2D eigenvalue weighted by Gasteiger charge is -2.26. The molecule has 0 spiro atoms. The molecule has 6 heteroatoms. The third-order valence-electron chi connectivity index (χ3n) is 2.54. The van der Waals surface area contributed by atoms with Crippen LogP contribution in [0.2, 0.25) is 0 Å². The second-order valence-electron chi connectivity index (χ2n) is 5.03. The van der Waals surface area contributed by atoms with Crippen LogP contribution in [-0.2, 0) is 6.54 Å². The highest BCUT2D eigenvalue weighted by atomic mass is 16.6. The molecule has 0 amide bonds. The van der Waals surface area contributed by atoms with Crippen LogP contribution in [0.4, 0.5) is 5.69 Å². The van der Waals surface area contributed by atoms with Gasteiger partial charge in [0.25, 0.3) is 5.43 Å². The second kappa shape index (κ2) is 4.67. The van der Waals surface area contributed by atoms with Gasteiger partial charge in [0.1, 0.15) is 0 Å². The highest BCUT2D eigenvalue weighted by Crippen LogP contribution is 2.20. The van der Waals surface area contributed by atoms with Gasteiger partial charge in [-0.1, -0.05) is 20.8 Å². The lowest BCUT2D eigenvalue weighted by molar-refractivity contribution is -0.386. The van der Waals surface area contributed by atoms with Gasteiger partial charge in [-0.15, -0.1) is 0 Å². The predicted octanol–water partition coefficient (Wildman–Crippen LogP) is 1.16. The molecular weight excluding hydrogens is 224 g/mol. The fourth-order valence-electron chi connectivity index (χ4n) is 1.24. The maximum Gasteiger partial charge on any atom is 0.332 e. The van der Waals surface area contributed by atoms with Gasteiger partial charge in [0.15, 0.2) is 0 Å². The van der Waals surface area contributed by atoms with Gasteiger partial charge in [0.05, 0.1) is 17.2 Å². The minimum atomic E-state index is -0.720. The van der Waals surface area contributed by atoms with Crippen molar-refractivity contribution >= 4 is 5.69 Å². The van der Waals surface area contributed by atoms with Crippen LogP contribution in [0.5, 0.6) is 0 Å². The average molecular weight is 240 g/mol. The zero-order chi connectivity index (χ0) is 13.2. The minimum Gasteiger partial charge on any atom is -0.391 e. The zero-order valence-corrected chi connectivity index (χ0v) is 10.1. The van der Waals surface area contributed by atoms with Gasteiger partial charge < -0.3 is 9.67 Å². The van der Waals surface area contributed by atoms with E-state index < -0.39 is 22.1 Å². The Kier molecular flexibility index (Phi) is 3.67. The Morgan fingerprint density at radius 3 is 2.59 bits per heavy atom. The number of hydrogen-bond donors (Lipinski definition) is 1. The van der Waals surface area contributed by atoms with Crippen molar-refractivity contribution in [1.29, 1.82) is 0 Å². The molecule has 1 atom stereocenters. The second-order valence-corrected chi connectivity index (χ2v) is 5.03. The van der Waals surface area contributed by atoms with Crippen molar-refractivity contribution in [3.8, 4) is 0 Å². The molecule has 0 aliphatic rings. The molecule has 1 unspecified atom stereocenters. The highest BCUT2D eigenvalue weighted by molar-refractivity contribution is 5.25. The van der Waals surface area contributed by atoms with Crippen LogP contribution in [0.3, 0.4) is 0 Å². The Hall–Kier alpha value is -1.69. The largest absolute Gasteiger partial charge is 0.391 e. The van der Waals surface area contributed by atoms with Crippen LogP contribution in [0.15, 0.2) is 23.3 Å². The molecule has 0 saturated carbocycles. The van der Waals surface area contributed by atoms with Crippen LogP contribution < -0.4 is 5.43 Å². The first kappa shape index (κ1) is 13.4. The van der Waals surface area contributed by atoms with Crippen LogP contribution in [0.1, 0.15) is 20.8 Å². The van der Waals surface area contributed by atoms with E-state index in [9.17, 15) is 20.0 Å². The summed E-state index contributed by atoms with van der Waals surface area (Å²) < 4.78 is 1.45. The van der Waals surface area contributed by atoms with Gasteiger partial charge in [-0.25, -0.2) is 0 Å². The number of nitro groups is 1. The van der Waals surface area contributed by atoms with E-state index in [1.54, 1.807) is 0 Å². The third-order valence-corrected chi connectivity index (χ3v) is 2.54. The molecule has 1 N–H and O–H groups in total. The Morgan fingerprint density at radius 2 is 2.12 bits per heavy atom. The van der Waals surface area contributed by atoms with Crippen molar-refractivity contribution in [1.82, 2.24) is 4.57 Å². The van der Waals surface area contributed by atoms with Crippen molar-refractivity contribution in [2.24, 2.45) is 5.41 Å². The number of nitrogens with zero attached hydrogens (tertiary/aromatic N) is 2. The van der Waals surface area contributed by atoms with E-state index in [4.69, 9.17) is 0 Å². The van der Waals surface area contributed by atoms with Crippen molar-refractivity contribution in [3.63, 3.8) is 0 Å². The summed E-state index contributed by atoms with van der Waals surface area (Å²) in [5.74, 6) is 0. The number of pyridine rings is 1. The maximum absolute atomic E-state index is 11.2. The average Bonchev–Trinajstić information content (AvgIpc) is 2.19. The molecule has 0 saturated heterocycles. The summed E-state index contributed by atoms with van der Waals surface area (Å²) in [4.78, 5) is 21.0. The van der Waals surface area contributed by atoms with E-state index in [-0.39, 0.29) is 12.0 Å². The van der Waals surface area contributed by atoms with Crippen molar-refractivity contribution in [2.45, 2.75) is 33.4 Å². The number of aromatic nitrogens is 1. The van der Waals surface area contributed by atoms with Gasteiger partial charge in [-0.3, -0.25) is 14.9 Å². The molecule has 94 valence electrons. The van der Waals surface area contributed by atoms with Gasteiger partial charge in [0.2, 0.25) is 0 Å². The molecule has 0 aliphatic carbocycles. The van der Waals surface area contributed by atoms with Gasteiger partial charge >= 0.3 is 5.69 Å². The summed E-state index contributed by atoms with van der Waals surface area (Å²) in [6, 6.07) is 1.13. The first-order valence-corrected chi connectivity index (χ1v) is 5.24. The summed E-state index contributed by atoms with van der Waals surface area (Å²) in [6.07, 6.45) is 1.94. The lowest BCUT2D eigenvalue weighted by atomic mass is 9.89. The summed E-state index contributed by atoms with van der Waals surface area (Å²) in [6.45, 7) is 5.82. The van der Waals surface area contributed by atoms with Crippen LogP contribution in [-0.4, -0.2) is 20.7 Å². The molecule has 0 fully saturated rings. The van der Waals surface area contributed by atoms with Crippen molar-refractivity contribution in [2.75, 3.05) is 0 Å². The first-order valence-electron chi connectivity index (χ1n) is 5.24. The van der Waals surface area contributed by atoms with Crippen LogP contribution in [0, 0.1) is 15.5 Å². The summed E-state index contributed by atoms with van der Waals surface area (Å²) in [7, 11) is 0. The van der Waals surface area contributed by atoms with E-state index in [2.05, 4.69) is 0 Å². The SMILES string of the molecule is CC(C)(C)C(O)Cn1ccc(=O)c([N+](=O)[O-])c1. The Bertz CT molecular complexity index is 473. The highest BCUT2D eigenvalue weighted by Gasteiger charge is 2.23. The molecular formula is C11H16N2O4. The summed E-state index contributed by atoms with van der Waals surface area (Å²) in [5.41, 5.74) is -1.43. The molecule has 17 heavy (non-hydrogen) atoms. The Labute approximate surface area is 98.7 Å². The van der Waals surface area contributed by atoms with Crippen LogP contribution in [0.25, 0.3) is 0 Å². The standard InChI is InChI=1S/C11H16N2O4/c1-11(2,3)10(15)7-12-5-4-9(14)8(6-12)13(16)17/h4-6,10,15H,7H2,1-3H3. The molecule has 1 heterocycles. The van der Waals surface area contributed by atoms with Crippen molar-refractivity contribution in [3.05, 3.63) is 38.8 Å². The van der Waals surface area contributed by atoms with Gasteiger partial charge in [-0.05, 0) is 5.41 Å². The lowest BCUT2D eigenvalue weighted by Crippen LogP contribution is -2.30. The molecule has 6 nitrogen and oxygen atoms in total. The van der Waals surface area contributed by atoms with Gasteiger partial charge in [0, 0.05) is 18.8 Å². The van der Waals surface area contributed by atoms with Crippen LogP contribution >= 0.6 is 0 Å². The van der Waals surface area contributed by atoms with E-state index in [1.165, 1.54) is 10.8 Å². The van der Waals surface area contributed by atoms with E-state index >= 15 is 0 Å². The summed E-state index contributed by atoms with van der Waals surface area (Å²) in [5, 5.41) is 20.5. The normalized spacial score (nSPS) is 13.4. The predicted molar refractivity (Wildman–Crippen MR) is 62.8 cm³/mol. The fraction of sp³-hybridized carbons (Fsp3) is 0.545. The molecule has 1 aromatic heterocycles. The summed E-state index contributed by atoms with van der Waals surface area (Å²) >= 11 is 0. The number of aliphatic hydroxyl groups is 1. The van der Waals surface area contributed by atoms with E-state index in [0.29, 0.717) is 0 Å². The van der Waals surface area contributed by atoms with E-state index in [0.717, 1.165) is 12.3 Å². The Balaban J connectivity index is 2.98. The molecule has 1 aromatic rings. The fourth-order valence-corrected chi connectivity index (χ4v) is 1.24. The van der Waals surface area contributed by atoms with Gasteiger partial charge in [-0.2, -0.15) is 0 Å². The first-order chi connectivity index (χ1) is 7.71. The molecule has 1 rings (SSSR count). The number of hydrogen-bond acceptors (Lipinski definition) is 4. The molecule has 0 bridgehead atoms. The molecule has 0 radical (unpaired) electrons.